The van der Waals surface area contributed by atoms with E-state index in [1.54, 1.807) is 6.07 Å². The van der Waals surface area contributed by atoms with Crippen LogP contribution in [0.1, 0.15) is 17.9 Å². The van der Waals surface area contributed by atoms with Crippen molar-refractivity contribution in [2.24, 2.45) is 0 Å². The molecule has 0 aromatic heterocycles. The predicted molar refractivity (Wildman–Crippen MR) is 94.8 cm³/mol. The molecule has 0 unspecified atom stereocenters. The van der Waals surface area contributed by atoms with Crippen LogP contribution >= 0.6 is 0 Å². The topological polar surface area (TPSA) is 70.7 Å². The average molecular weight is 373 g/mol. The lowest BCUT2D eigenvalue weighted by molar-refractivity contribution is 0.181. The number of carbonyl (C=O) groups excluding carboxylic acids is 2. The van der Waals surface area contributed by atoms with Crippen LogP contribution in [-0.4, -0.2) is 31.3 Å². The van der Waals surface area contributed by atoms with E-state index in [0.29, 0.717) is 18.7 Å². The average Bonchev–Trinajstić information content (AvgIpc) is 3.26. The van der Waals surface area contributed by atoms with Crippen LogP contribution in [0, 0.1) is 11.6 Å². The summed E-state index contributed by atoms with van der Waals surface area (Å²) in [5.74, 6) is -0.886. The van der Waals surface area contributed by atoms with Crippen LogP contribution in [0.4, 0.5) is 29.7 Å². The summed E-state index contributed by atoms with van der Waals surface area (Å²) in [7, 11) is 0. The third-order valence-corrected chi connectivity index (χ3v) is 4.65. The maximum Gasteiger partial charge on any atom is 0.414 e. The van der Waals surface area contributed by atoms with E-state index in [4.69, 9.17) is 4.74 Å². The first-order valence-electron chi connectivity index (χ1n) is 8.58. The molecule has 2 aromatic carbocycles. The van der Waals surface area contributed by atoms with E-state index in [1.807, 2.05) is 6.07 Å². The molecule has 0 radical (unpaired) electrons. The van der Waals surface area contributed by atoms with Crippen molar-refractivity contribution in [2.75, 3.05) is 23.4 Å². The molecule has 27 heavy (non-hydrogen) atoms. The molecule has 2 aromatic rings. The summed E-state index contributed by atoms with van der Waals surface area (Å²) in [4.78, 5) is 25.2. The van der Waals surface area contributed by atoms with E-state index in [0.717, 1.165) is 5.56 Å². The van der Waals surface area contributed by atoms with Crippen molar-refractivity contribution < 1.29 is 23.1 Å². The predicted octanol–water partition coefficient (Wildman–Crippen LogP) is 3.60. The van der Waals surface area contributed by atoms with Crippen LogP contribution < -0.4 is 15.5 Å². The molecular formula is C19H17F2N3O3. The first-order valence-corrected chi connectivity index (χ1v) is 8.58. The lowest BCUT2D eigenvalue weighted by atomic mass is 10.1. The number of benzene rings is 2. The second-order valence-corrected chi connectivity index (χ2v) is 6.53. The van der Waals surface area contributed by atoms with E-state index in [9.17, 15) is 18.4 Å². The van der Waals surface area contributed by atoms with Gasteiger partial charge in [-0.1, -0.05) is 12.1 Å². The van der Waals surface area contributed by atoms with Crippen LogP contribution in [0.5, 0.6) is 0 Å². The van der Waals surface area contributed by atoms with Crippen LogP contribution in [-0.2, 0) is 4.74 Å². The Kier molecular flexibility index (Phi) is 4.39. The third-order valence-electron chi connectivity index (χ3n) is 4.65. The summed E-state index contributed by atoms with van der Waals surface area (Å²) in [6.07, 6.45) is 0.187. The van der Waals surface area contributed by atoms with Gasteiger partial charge in [-0.15, -0.1) is 0 Å². The standard InChI is InChI=1S/C19H17F2N3O3/c20-12-3-1-2-11(8-12)14-10-16(14)22-18(25)23-17-9-13(4-5-15(17)21)24-6-7-27-19(24)26/h1-5,8-9,14,16H,6-7,10H2,(H2,22,23,25)/t14-,16+/m1/s1. The number of ether oxygens (including phenoxy) is 1. The molecule has 2 N–H and O–H groups in total. The third kappa shape index (κ3) is 3.69. The zero-order chi connectivity index (χ0) is 19.0. The highest BCUT2D eigenvalue weighted by molar-refractivity contribution is 5.93. The second kappa shape index (κ2) is 6.86. The fourth-order valence-corrected chi connectivity index (χ4v) is 3.19. The fraction of sp³-hybridized carbons (Fsp3) is 0.263. The molecular weight excluding hydrogens is 356 g/mol. The molecule has 2 fully saturated rings. The summed E-state index contributed by atoms with van der Waals surface area (Å²) < 4.78 is 32.2. The van der Waals surface area contributed by atoms with Crippen molar-refractivity contribution in [3.05, 3.63) is 59.7 Å². The van der Waals surface area contributed by atoms with Crippen molar-refractivity contribution in [1.82, 2.24) is 5.32 Å². The van der Waals surface area contributed by atoms with E-state index in [1.165, 1.54) is 35.2 Å². The SMILES string of the molecule is O=C(Nc1cc(N2CCOC2=O)ccc1F)N[C@H]1C[C@@H]1c1cccc(F)c1. The number of hydrogen-bond acceptors (Lipinski definition) is 3. The number of nitrogens with zero attached hydrogens (tertiary/aromatic N) is 1. The Morgan fingerprint density at radius 2 is 2.04 bits per heavy atom. The highest BCUT2D eigenvalue weighted by Crippen LogP contribution is 2.41. The minimum atomic E-state index is -0.612. The molecule has 0 bridgehead atoms. The number of amides is 3. The lowest BCUT2D eigenvalue weighted by Crippen LogP contribution is -2.31. The molecule has 8 heteroatoms. The van der Waals surface area contributed by atoms with Crippen LogP contribution in [0.25, 0.3) is 0 Å². The summed E-state index contributed by atoms with van der Waals surface area (Å²) in [5, 5.41) is 5.22. The van der Waals surface area contributed by atoms with Gasteiger partial charge < -0.3 is 15.4 Å². The van der Waals surface area contributed by atoms with Crippen molar-refractivity contribution in [3.63, 3.8) is 0 Å². The zero-order valence-electron chi connectivity index (χ0n) is 14.2. The summed E-state index contributed by atoms with van der Waals surface area (Å²) in [6, 6.07) is 9.59. The zero-order valence-corrected chi connectivity index (χ0v) is 14.2. The fourth-order valence-electron chi connectivity index (χ4n) is 3.19. The Labute approximate surface area is 154 Å². The number of urea groups is 1. The van der Waals surface area contributed by atoms with Crippen LogP contribution in [0.3, 0.4) is 0 Å². The van der Waals surface area contributed by atoms with Gasteiger partial charge in [0.1, 0.15) is 18.2 Å². The highest BCUT2D eigenvalue weighted by atomic mass is 19.1. The van der Waals surface area contributed by atoms with Gasteiger partial charge in [0.15, 0.2) is 0 Å². The maximum absolute atomic E-state index is 14.0. The Balaban J connectivity index is 1.39. The highest BCUT2D eigenvalue weighted by Gasteiger charge is 2.39. The van der Waals surface area contributed by atoms with Gasteiger partial charge in [-0.2, -0.15) is 0 Å². The molecule has 1 aliphatic carbocycles. The van der Waals surface area contributed by atoms with Crippen molar-refractivity contribution in [2.45, 2.75) is 18.4 Å². The Morgan fingerprint density at radius 3 is 2.78 bits per heavy atom. The molecule has 1 heterocycles. The summed E-state index contributed by atoms with van der Waals surface area (Å²) in [5.41, 5.74) is 1.23. The molecule has 4 rings (SSSR count). The Morgan fingerprint density at radius 1 is 1.19 bits per heavy atom. The number of halogens is 2. The van der Waals surface area contributed by atoms with Gasteiger partial charge in [-0.3, -0.25) is 4.90 Å². The molecule has 0 spiro atoms. The van der Waals surface area contributed by atoms with E-state index in [-0.39, 0.29) is 30.1 Å². The maximum atomic E-state index is 14.0. The first kappa shape index (κ1) is 17.3. The number of hydrogen-bond donors (Lipinski definition) is 2. The van der Waals surface area contributed by atoms with Gasteiger partial charge in [-0.05, 0) is 42.3 Å². The van der Waals surface area contributed by atoms with Crippen molar-refractivity contribution in [1.29, 1.82) is 0 Å². The lowest BCUT2D eigenvalue weighted by Gasteiger charge is -2.15. The van der Waals surface area contributed by atoms with Gasteiger partial charge in [0.25, 0.3) is 0 Å². The molecule has 1 saturated heterocycles. The quantitative estimate of drug-likeness (QED) is 0.860. The number of cyclic esters (lactones) is 1. The van der Waals surface area contributed by atoms with Gasteiger partial charge in [0, 0.05) is 17.6 Å². The molecule has 2 atom stereocenters. The summed E-state index contributed by atoms with van der Waals surface area (Å²) in [6.45, 7) is 0.635. The van der Waals surface area contributed by atoms with Crippen LogP contribution in [0.15, 0.2) is 42.5 Å². The number of rotatable bonds is 4. The molecule has 2 aliphatic rings. The Hall–Kier alpha value is -3.16. The first-order chi connectivity index (χ1) is 13.0. The largest absolute Gasteiger partial charge is 0.447 e. The van der Waals surface area contributed by atoms with Gasteiger partial charge in [0.05, 0.1) is 12.2 Å². The molecule has 1 aliphatic heterocycles. The molecule has 6 nitrogen and oxygen atoms in total. The monoisotopic (exact) mass is 373 g/mol. The van der Waals surface area contributed by atoms with E-state index in [2.05, 4.69) is 10.6 Å². The van der Waals surface area contributed by atoms with Gasteiger partial charge in [0.2, 0.25) is 0 Å². The Bertz CT molecular complexity index is 906. The minimum absolute atomic E-state index is 0.0346. The minimum Gasteiger partial charge on any atom is -0.447 e. The number of nitrogens with one attached hydrogen (secondary N) is 2. The molecule has 140 valence electrons. The molecule has 3 amide bonds. The van der Waals surface area contributed by atoms with Crippen LogP contribution in [0.2, 0.25) is 0 Å². The normalized spacial score (nSPS) is 21.0. The second-order valence-electron chi connectivity index (χ2n) is 6.53. The van der Waals surface area contributed by atoms with Crippen molar-refractivity contribution >= 4 is 23.5 Å². The number of carbonyl (C=O) groups is 2. The smallest absolute Gasteiger partial charge is 0.414 e. The number of anilines is 2. The van der Waals surface area contributed by atoms with Gasteiger partial charge in [-0.25, -0.2) is 18.4 Å². The molecule has 1 saturated carbocycles. The van der Waals surface area contributed by atoms with E-state index >= 15 is 0 Å². The van der Waals surface area contributed by atoms with Crippen molar-refractivity contribution in [3.8, 4) is 0 Å². The van der Waals surface area contributed by atoms with Gasteiger partial charge >= 0.3 is 12.1 Å². The van der Waals surface area contributed by atoms with E-state index < -0.39 is 17.9 Å². The summed E-state index contributed by atoms with van der Waals surface area (Å²) >= 11 is 0.